The summed E-state index contributed by atoms with van der Waals surface area (Å²) >= 11 is 3.34. The van der Waals surface area contributed by atoms with Crippen LogP contribution in [0.15, 0.2) is 40.9 Å². The number of Topliss-reactive ketones (excluding diaryl/α,β-unsaturated/α-hetero) is 1. The van der Waals surface area contributed by atoms with Crippen molar-refractivity contribution in [3.8, 4) is 11.5 Å². The first-order valence-electron chi connectivity index (χ1n) is 6.25. The minimum absolute atomic E-state index is 0.0260. The zero-order chi connectivity index (χ0) is 15.4. The van der Waals surface area contributed by atoms with Crippen LogP contribution in [-0.4, -0.2) is 20.0 Å². The molecule has 0 aromatic heterocycles. The number of carbonyl (C=O) groups excluding carboxylic acids is 1. The Hall–Kier alpha value is -1.88. The van der Waals surface area contributed by atoms with Gasteiger partial charge in [-0.3, -0.25) is 4.79 Å². The second kappa shape index (κ2) is 6.72. The van der Waals surface area contributed by atoms with Gasteiger partial charge in [0.2, 0.25) is 0 Å². The number of benzene rings is 2. The lowest BCUT2D eigenvalue weighted by atomic mass is 10.0. The topological polar surface area (TPSA) is 35.5 Å². The molecule has 2 aromatic carbocycles. The third kappa shape index (κ3) is 3.24. The average molecular weight is 353 g/mol. The molecular weight excluding hydrogens is 339 g/mol. The Morgan fingerprint density at radius 2 is 1.86 bits per heavy atom. The molecule has 0 saturated carbocycles. The fourth-order valence-electron chi connectivity index (χ4n) is 2.02. The molecule has 0 bridgehead atoms. The lowest BCUT2D eigenvalue weighted by molar-refractivity contribution is 0.0988. The van der Waals surface area contributed by atoms with E-state index in [-0.39, 0.29) is 12.2 Å². The highest BCUT2D eigenvalue weighted by Crippen LogP contribution is 2.37. The van der Waals surface area contributed by atoms with Crippen LogP contribution in [0.4, 0.5) is 4.39 Å². The fourth-order valence-corrected chi connectivity index (χ4v) is 2.69. The van der Waals surface area contributed by atoms with E-state index in [1.165, 1.54) is 20.3 Å². The number of methoxy groups -OCH3 is 2. The molecule has 0 heterocycles. The van der Waals surface area contributed by atoms with Crippen LogP contribution in [0.25, 0.3) is 0 Å². The first-order chi connectivity index (χ1) is 10.1. The Bertz CT molecular complexity index is 671. The first-order valence-corrected chi connectivity index (χ1v) is 7.04. The Balaban J connectivity index is 2.36. The van der Waals surface area contributed by atoms with Crippen LogP contribution in [0.2, 0.25) is 0 Å². The van der Waals surface area contributed by atoms with Crippen LogP contribution in [0.3, 0.4) is 0 Å². The van der Waals surface area contributed by atoms with Crippen LogP contribution in [0.5, 0.6) is 11.5 Å². The smallest absolute Gasteiger partial charge is 0.171 e. The van der Waals surface area contributed by atoms with E-state index in [4.69, 9.17) is 9.47 Å². The predicted molar refractivity (Wildman–Crippen MR) is 81.7 cm³/mol. The summed E-state index contributed by atoms with van der Waals surface area (Å²) in [6.07, 6.45) is -0.0260. The summed E-state index contributed by atoms with van der Waals surface area (Å²) in [4.78, 5) is 12.4. The second-order valence-electron chi connectivity index (χ2n) is 4.35. The standard InChI is InChI=1S/C16H14BrFO3/c1-20-14-8-7-11(16(21-2)15(14)17)13(19)9-10-5-3-4-6-12(10)18/h3-8H,9H2,1-2H3. The molecule has 0 amide bonds. The van der Waals surface area contributed by atoms with Crippen LogP contribution >= 0.6 is 15.9 Å². The molecule has 2 rings (SSSR count). The van der Waals surface area contributed by atoms with Crippen molar-refractivity contribution in [2.75, 3.05) is 14.2 Å². The molecular formula is C16H14BrFO3. The Morgan fingerprint density at radius 1 is 1.14 bits per heavy atom. The molecule has 0 aliphatic carbocycles. The quantitative estimate of drug-likeness (QED) is 0.762. The maximum Gasteiger partial charge on any atom is 0.171 e. The number of rotatable bonds is 5. The van der Waals surface area contributed by atoms with Gasteiger partial charge in [0.15, 0.2) is 5.78 Å². The number of halogens is 2. The highest BCUT2D eigenvalue weighted by atomic mass is 79.9. The molecule has 0 radical (unpaired) electrons. The zero-order valence-electron chi connectivity index (χ0n) is 11.7. The van der Waals surface area contributed by atoms with E-state index in [0.29, 0.717) is 27.1 Å². The van der Waals surface area contributed by atoms with E-state index < -0.39 is 5.82 Å². The summed E-state index contributed by atoms with van der Waals surface area (Å²) in [7, 11) is 3.00. The van der Waals surface area contributed by atoms with Crippen molar-refractivity contribution in [2.24, 2.45) is 0 Å². The molecule has 110 valence electrons. The Morgan fingerprint density at radius 3 is 2.48 bits per heavy atom. The van der Waals surface area contributed by atoms with Gasteiger partial charge in [0.05, 0.1) is 19.8 Å². The lowest BCUT2D eigenvalue weighted by Crippen LogP contribution is -2.08. The van der Waals surface area contributed by atoms with Crippen molar-refractivity contribution in [3.63, 3.8) is 0 Å². The molecule has 0 aliphatic heterocycles. The van der Waals surface area contributed by atoms with E-state index in [9.17, 15) is 9.18 Å². The van der Waals surface area contributed by atoms with Gasteiger partial charge in [-0.2, -0.15) is 0 Å². The van der Waals surface area contributed by atoms with Crippen molar-refractivity contribution < 1.29 is 18.7 Å². The Labute approximate surface area is 130 Å². The minimum Gasteiger partial charge on any atom is -0.495 e. The lowest BCUT2D eigenvalue weighted by Gasteiger charge is -2.12. The van der Waals surface area contributed by atoms with Gasteiger partial charge in [-0.25, -0.2) is 4.39 Å². The largest absolute Gasteiger partial charge is 0.495 e. The highest BCUT2D eigenvalue weighted by molar-refractivity contribution is 9.10. The number of carbonyl (C=O) groups is 1. The van der Waals surface area contributed by atoms with Crippen LogP contribution in [0.1, 0.15) is 15.9 Å². The van der Waals surface area contributed by atoms with Crippen molar-refractivity contribution in [1.29, 1.82) is 0 Å². The molecule has 2 aromatic rings. The molecule has 21 heavy (non-hydrogen) atoms. The summed E-state index contributed by atoms with van der Waals surface area (Å²) in [6.45, 7) is 0. The van der Waals surface area contributed by atoms with Gasteiger partial charge < -0.3 is 9.47 Å². The normalized spacial score (nSPS) is 10.3. The van der Waals surface area contributed by atoms with E-state index >= 15 is 0 Å². The first kappa shape index (κ1) is 15.5. The van der Waals surface area contributed by atoms with Gasteiger partial charge in [0, 0.05) is 6.42 Å². The summed E-state index contributed by atoms with van der Waals surface area (Å²) in [5.41, 5.74) is 0.741. The van der Waals surface area contributed by atoms with Gasteiger partial charge in [-0.1, -0.05) is 18.2 Å². The number of hydrogen-bond donors (Lipinski definition) is 0. The molecule has 0 aliphatic rings. The number of hydrogen-bond acceptors (Lipinski definition) is 3. The van der Waals surface area contributed by atoms with Crippen LogP contribution in [-0.2, 0) is 6.42 Å². The highest BCUT2D eigenvalue weighted by Gasteiger charge is 2.19. The third-order valence-electron chi connectivity index (χ3n) is 3.09. The third-order valence-corrected chi connectivity index (χ3v) is 3.85. The zero-order valence-corrected chi connectivity index (χ0v) is 13.2. The molecule has 0 fully saturated rings. The van der Waals surface area contributed by atoms with E-state index in [1.807, 2.05) is 0 Å². The molecule has 0 saturated heterocycles. The molecule has 3 nitrogen and oxygen atoms in total. The van der Waals surface area contributed by atoms with Gasteiger partial charge in [-0.15, -0.1) is 0 Å². The van der Waals surface area contributed by atoms with Crippen LogP contribution in [0, 0.1) is 5.82 Å². The van der Waals surface area contributed by atoms with Crippen molar-refractivity contribution in [2.45, 2.75) is 6.42 Å². The fraction of sp³-hybridized carbons (Fsp3) is 0.188. The average Bonchev–Trinajstić information content (AvgIpc) is 2.49. The number of ether oxygens (including phenoxy) is 2. The molecule has 5 heteroatoms. The monoisotopic (exact) mass is 352 g/mol. The SMILES string of the molecule is COc1ccc(C(=O)Cc2ccccc2F)c(OC)c1Br. The van der Waals surface area contributed by atoms with E-state index in [2.05, 4.69) is 15.9 Å². The second-order valence-corrected chi connectivity index (χ2v) is 5.15. The summed E-state index contributed by atoms with van der Waals surface area (Å²) < 4.78 is 24.6. The van der Waals surface area contributed by atoms with Gasteiger partial charge in [-0.05, 0) is 39.7 Å². The van der Waals surface area contributed by atoms with Crippen molar-refractivity contribution >= 4 is 21.7 Å². The maximum absolute atomic E-state index is 13.6. The maximum atomic E-state index is 13.6. The predicted octanol–water partition coefficient (Wildman–Crippen LogP) is 4.03. The molecule has 0 N–H and O–H groups in total. The van der Waals surface area contributed by atoms with E-state index in [1.54, 1.807) is 30.3 Å². The molecule has 0 atom stereocenters. The van der Waals surface area contributed by atoms with Crippen LogP contribution < -0.4 is 9.47 Å². The van der Waals surface area contributed by atoms with E-state index in [0.717, 1.165) is 0 Å². The summed E-state index contributed by atoms with van der Waals surface area (Å²) in [6, 6.07) is 9.51. The van der Waals surface area contributed by atoms with Crippen molar-refractivity contribution in [3.05, 3.63) is 57.8 Å². The summed E-state index contributed by atoms with van der Waals surface area (Å²) in [5.74, 6) is 0.336. The molecule has 0 unspecified atom stereocenters. The summed E-state index contributed by atoms with van der Waals surface area (Å²) in [5, 5.41) is 0. The van der Waals surface area contributed by atoms with Crippen molar-refractivity contribution in [1.82, 2.24) is 0 Å². The number of ketones is 1. The molecule has 0 spiro atoms. The Kier molecular flexibility index (Phi) is 4.96. The van der Waals surface area contributed by atoms with Gasteiger partial charge in [0.1, 0.15) is 21.8 Å². The minimum atomic E-state index is -0.391. The van der Waals surface area contributed by atoms with Gasteiger partial charge in [0.25, 0.3) is 0 Å². The van der Waals surface area contributed by atoms with Gasteiger partial charge >= 0.3 is 0 Å².